The molecule has 12 heteroatoms. The SMILES string of the molecule is COc1cnc(Cl)c(Nc2ncc(C(F)(F)F)c(Nc3ccc(C)cc3NC(C)=O)n2)c1. The number of aromatic nitrogens is 3. The number of aryl methyl sites for hydroxylation is 1. The molecule has 3 rings (SSSR count). The van der Waals surface area contributed by atoms with Gasteiger partial charge in [-0.2, -0.15) is 18.2 Å². The van der Waals surface area contributed by atoms with Crippen LogP contribution < -0.4 is 20.7 Å². The Balaban J connectivity index is 2.02. The van der Waals surface area contributed by atoms with Crippen LogP contribution in [0, 0.1) is 6.92 Å². The summed E-state index contributed by atoms with van der Waals surface area (Å²) in [5.74, 6) is -0.676. The number of amides is 1. The van der Waals surface area contributed by atoms with E-state index in [1.807, 2.05) is 0 Å². The lowest BCUT2D eigenvalue weighted by atomic mass is 10.1. The van der Waals surface area contributed by atoms with E-state index in [0.717, 1.165) is 5.56 Å². The molecule has 0 aliphatic heterocycles. The molecule has 0 aliphatic rings. The van der Waals surface area contributed by atoms with E-state index in [1.165, 1.54) is 26.3 Å². The predicted molar refractivity (Wildman–Crippen MR) is 115 cm³/mol. The Morgan fingerprint density at radius 2 is 1.81 bits per heavy atom. The Hall–Kier alpha value is -3.60. The van der Waals surface area contributed by atoms with E-state index < -0.39 is 17.6 Å². The van der Waals surface area contributed by atoms with E-state index in [0.29, 0.717) is 17.6 Å². The lowest BCUT2D eigenvalue weighted by Gasteiger charge is -2.17. The number of alkyl halides is 3. The smallest absolute Gasteiger partial charge is 0.421 e. The molecule has 0 bridgehead atoms. The lowest BCUT2D eigenvalue weighted by molar-refractivity contribution is -0.137. The van der Waals surface area contributed by atoms with Gasteiger partial charge in [-0.25, -0.2) is 9.97 Å². The zero-order valence-corrected chi connectivity index (χ0v) is 17.9. The predicted octanol–water partition coefficient (Wildman–Crippen LogP) is 5.31. The highest BCUT2D eigenvalue weighted by molar-refractivity contribution is 6.32. The second-order valence-corrected chi connectivity index (χ2v) is 7.01. The van der Waals surface area contributed by atoms with E-state index in [4.69, 9.17) is 16.3 Å². The molecule has 0 radical (unpaired) electrons. The Bertz CT molecular complexity index is 1160. The maximum Gasteiger partial charge on any atom is 0.421 e. The number of carbonyl (C=O) groups excluding carboxylic acids is 1. The topological polar surface area (TPSA) is 101 Å². The number of hydrogen-bond acceptors (Lipinski definition) is 7. The second kappa shape index (κ2) is 9.27. The molecule has 8 nitrogen and oxygen atoms in total. The van der Waals surface area contributed by atoms with Crippen molar-refractivity contribution in [3.05, 3.63) is 52.9 Å². The van der Waals surface area contributed by atoms with Crippen molar-refractivity contribution in [1.29, 1.82) is 0 Å². The summed E-state index contributed by atoms with van der Waals surface area (Å²) in [5, 5.41) is 8.02. The number of hydrogen-bond donors (Lipinski definition) is 3. The first-order chi connectivity index (χ1) is 15.1. The first kappa shape index (κ1) is 23.1. The molecule has 1 aromatic carbocycles. The van der Waals surface area contributed by atoms with Crippen LogP contribution in [0.3, 0.4) is 0 Å². The molecule has 0 spiro atoms. The van der Waals surface area contributed by atoms with Gasteiger partial charge in [0.25, 0.3) is 0 Å². The number of methoxy groups -OCH3 is 1. The first-order valence-corrected chi connectivity index (χ1v) is 9.50. The van der Waals surface area contributed by atoms with E-state index in [9.17, 15) is 18.0 Å². The molecular formula is C20H18ClF3N6O2. The van der Waals surface area contributed by atoms with Crippen molar-refractivity contribution < 1.29 is 22.7 Å². The van der Waals surface area contributed by atoms with Gasteiger partial charge in [0.05, 0.1) is 30.4 Å². The molecule has 0 saturated carbocycles. The zero-order valence-electron chi connectivity index (χ0n) is 17.1. The molecule has 3 N–H and O–H groups in total. The highest BCUT2D eigenvalue weighted by atomic mass is 35.5. The van der Waals surface area contributed by atoms with Crippen LogP contribution in [0.5, 0.6) is 5.75 Å². The summed E-state index contributed by atoms with van der Waals surface area (Å²) in [7, 11) is 1.43. The van der Waals surface area contributed by atoms with Gasteiger partial charge in [-0.3, -0.25) is 4.79 Å². The summed E-state index contributed by atoms with van der Waals surface area (Å²) < 4.78 is 45.8. The Morgan fingerprint density at radius 1 is 1.06 bits per heavy atom. The number of pyridine rings is 1. The van der Waals surface area contributed by atoms with E-state index in [1.54, 1.807) is 25.1 Å². The van der Waals surface area contributed by atoms with Crippen molar-refractivity contribution in [1.82, 2.24) is 15.0 Å². The molecule has 2 aromatic heterocycles. The third-order valence-electron chi connectivity index (χ3n) is 4.13. The van der Waals surface area contributed by atoms with Crippen molar-refractivity contribution in [3.8, 4) is 5.75 Å². The number of carbonyl (C=O) groups is 1. The van der Waals surface area contributed by atoms with Gasteiger partial charge in [-0.15, -0.1) is 0 Å². The van der Waals surface area contributed by atoms with Crippen molar-refractivity contribution in [3.63, 3.8) is 0 Å². The van der Waals surface area contributed by atoms with Gasteiger partial charge in [-0.1, -0.05) is 17.7 Å². The Labute approximate surface area is 186 Å². The summed E-state index contributed by atoms with van der Waals surface area (Å²) in [5.41, 5.74) is 0.486. The quantitative estimate of drug-likeness (QED) is 0.423. The molecule has 168 valence electrons. The summed E-state index contributed by atoms with van der Waals surface area (Å²) in [6.07, 6.45) is -2.70. The van der Waals surface area contributed by atoms with Gasteiger partial charge in [0.1, 0.15) is 17.1 Å². The minimum Gasteiger partial charge on any atom is -0.495 e. The number of nitrogens with one attached hydrogen (secondary N) is 3. The lowest BCUT2D eigenvalue weighted by Crippen LogP contribution is -2.14. The van der Waals surface area contributed by atoms with E-state index >= 15 is 0 Å². The molecule has 0 atom stereocenters. The van der Waals surface area contributed by atoms with Crippen LogP contribution in [-0.4, -0.2) is 28.0 Å². The molecule has 0 aliphatic carbocycles. The van der Waals surface area contributed by atoms with Crippen LogP contribution >= 0.6 is 11.6 Å². The number of ether oxygens (including phenoxy) is 1. The highest BCUT2D eigenvalue weighted by Gasteiger charge is 2.35. The summed E-state index contributed by atoms with van der Waals surface area (Å²) in [4.78, 5) is 23.2. The molecule has 2 heterocycles. The standard InChI is InChI=1S/C20H18ClF3N6O2/c1-10-4-5-14(15(6-10)27-11(2)31)28-18-13(20(22,23)24)9-26-19(30-18)29-16-7-12(32-3)8-25-17(16)21/h4-9H,1-3H3,(H,27,31)(H2,26,28,29,30). The van der Waals surface area contributed by atoms with Crippen LogP contribution in [0.25, 0.3) is 0 Å². The first-order valence-electron chi connectivity index (χ1n) is 9.13. The third kappa shape index (κ3) is 5.55. The van der Waals surface area contributed by atoms with Gasteiger partial charge in [0.15, 0.2) is 5.15 Å². The number of rotatable bonds is 6. The molecule has 1 amide bonds. The largest absolute Gasteiger partial charge is 0.495 e. The average molecular weight is 467 g/mol. The minimum atomic E-state index is -4.73. The number of benzene rings is 1. The fraction of sp³-hybridized carbons (Fsp3) is 0.200. The Kier molecular flexibility index (Phi) is 6.68. The highest BCUT2D eigenvalue weighted by Crippen LogP contribution is 2.37. The zero-order chi connectivity index (χ0) is 23.5. The molecule has 0 unspecified atom stereocenters. The van der Waals surface area contributed by atoms with Crippen LogP contribution in [0.2, 0.25) is 5.15 Å². The van der Waals surface area contributed by atoms with Gasteiger partial charge in [-0.05, 0) is 24.6 Å². The van der Waals surface area contributed by atoms with Crippen molar-refractivity contribution in [2.75, 3.05) is 23.1 Å². The molecule has 0 saturated heterocycles. The number of nitrogens with zero attached hydrogens (tertiary/aromatic N) is 3. The van der Waals surface area contributed by atoms with Crippen molar-refractivity contribution in [2.45, 2.75) is 20.0 Å². The summed E-state index contributed by atoms with van der Waals surface area (Å²) in [6.45, 7) is 3.08. The van der Waals surface area contributed by atoms with Crippen LogP contribution in [-0.2, 0) is 11.0 Å². The van der Waals surface area contributed by atoms with Gasteiger partial charge in [0.2, 0.25) is 11.9 Å². The normalized spacial score (nSPS) is 11.1. The average Bonchev–Trinajstić information content (AvgIpc) is 2.70. The third-order valence-corrected chi connectivity index (χ3v) is 4.43. The second-order valence-electron chi connectivity index (χ2n) is 6.65. The van der Waals surface area contributed by atoms with Crippen molar-refractivity contribution in [2.24, 2.45) is 0 Å². The van der Waals surface area contributed by atoms with E-state index in [2.05, 4.69) is 30.9 Å². The maximum absolute atomic E-state index is 13.6. The summed E-state index contributed by atoms with van der Waals surface area (Å²) in [6, 6.07) is 6.35. The molecular weight excluding hydrogens is 449 g/mol. The number of anilines is 5. The van der Waals surface area contributed by atoms with E-state index in [-0.39, 0.29) is 28.4 Å². The van der Waals surface area contributed by atoms with Crippen molar-refractivity contribution >= 4 is 46.3 Å². The Morgan fingerprint density at radius 3 is 2.47 bits per heavy atom. The fourth-order valence-corrected chi connectivity index (χ4v) is 2.83. The summed E-state index contributed by atoms with van der Waals surface area (Å²) >= 11 is 6.04. The molecule has 3 aromatic rings. The van der Waals surface area contributed by atoms with Gasteiger partial charge < -0.3 is 20.7 Å². The minimum absolute atomic E-state index is 0.0512. The van der Waals surface area contributed by atoms with Gasteiger partial charge in [0, 0.05) is 19.2 Å². The molecule has 32 heavy (non-hydrogen) atoms. The van der Waals surface area contributed by atoms with Crippen LogP contribution in [0.1, 0.15) is 18.1 Å². The van der Waals surface area contributed by atoms with Crippen LogP contribution in [0.4, 0.5) is 42.0 Å². The van der Waals surface area contributed by atoms with Gasteiger partial charge >= 0.3 is 6.18 Å². The number of halogens is 4. The monoisotopic (exact) mass is 466 g/mol. The fourth-order valence-electron chi connectivity index (χ4n) is 2.68. The van der Waals surface area contributed by atoms with Crippen LogP contribution in [0.15, 0.2) is 36.7 Å². The maximum atomic E-state index is 13.6. The molecule has 0 fully saturated rings.